The van der Waals surface area contributed by atoms with Crippen LogP contribution in [0.1, 0.15) is 0 Å². The molecule has 0 radical (unpaired) electrons. The molecule has 3 aromatic heterocycles. The van der Waals surface area contributed by atoms with Gasteiger partial charge in [0, 0.05) is 27.4 Å². The Morgan fingerprint density at radius 1 is 0.621 bits per heavy atom. The van der Waals surface area contributed by atoms with Gasteiger partial charge in [-0.1, -0.05) is 60.7 Å². The highest BCUT2D eigenvalue weighted by Crippen LogP contribution is 2.37. The minimum absolute atomic E-state index is 0.873. The summed E-state index contributed by atoms with van der Waals surface area (Å²) in [4.78, 5) is 11.9. The molecule has 4 heteroatoms. The van der Waals surface area contributed by atoms with Gasteiger partial charge >= 0.3 is 0 Å². The largest absolute Gasteiger partial charge is 0.354 e. The maximum absolute atomic E-state index is 4.78. The van der Waals surface area contributed by atoms with Crippen LogP contribution in [0.25, 0.3) is 60.8 Å². The summed E-state index contributed by atoms with van der Waals surface area (Å²) in [6, 6.07) is 29.7. The number of hydrogen-bond acceptors (Lipinski definition) is 1. The fourth-order valence-electron chi connectivity index (χ4n) is 4.66. The molecule has 0 bridgehead atoms. The lowest BCUT2D eigenvalue weighted by Gasteiger charge is -2.07. The third-order valence-electron chi connectivity index (χ3n) is 5.90. The van der Waals surface area contributed by atoms with E-state index in [-0.39, 0.29) is 0 Å². The van der Waals surface area contributed by atoms with Gasteiger partial charge in [-0.15, -0.1) is 0 Å². The van der Waals surface area contributed by atoms with Crippen LogP contribution in [0.4, 0.5) is 0 Å². The summed E-state index contributed by atoms with van der Waals surface area (Å²) in [7, 11) is 0. The molecule has 0 spiro atoms. The highest BCUT2D eigenvalue weighted by atomic mass is 15.1. The Balaban J connectivity index is 1.67. The predicted octanol–water partition coefficient (Wildman–Crippen LogP) is 6.27. The first kappa shape index (κ1) is 14.9. The molecule has 0 atom stereocenters. The van der Waals surface area contributed by atoms with Gasteiger partial charge in [-0.25, -0.2) is 4.98 Å². The minimum atomic E-state index is 0.873. The van der Waals surface area contributed by atoms with Crippen LogP contribution < -0.4 is 0 Å². The summed E-state index contributed by atoms with van der Waals surface area (Å²) in [5, 5.41) is 2.50. The number of aromatic amines is 2. The highest BCUT2D eigenvalue weighted by molar-refractivity contribution is 6.14. The zero-order chi connectivity index (χ0) is 18.9. The highest BCUT2D eigenvalue weighted by Gasteiger charge is 2.17. The van der Waals surface area contributed by atoms with E-state index in [0.717, 1.165) is 33.4 Å². The lowest BCUT2D eigenvalue weighted by atomic mass is 10.0. The molecule has 2 N–H and O–H groups in total. The van der Waals surface area contributed by atoms with E-state index < -0.39 is 0 Å². The van der Waals surface area contributed by atoms with Crippen molar-refractivity contribution in [2.24, 2.45) is 0 Å². The van der Waals surface area contributed by atoms with Crippen LogP contribution in [-0.4, -0.2) is 19.4 Å². The van der Waals surface area contributed by atoms with Gasteiger partial charge in [0.2, 0.25) is 5.78 Å². The number of fused-ring (bicyclic) bond motifs is 8. The second-order valence-corrected chi connectivity index (χ2v) is 7.48. The fraction of sp³-hybridized carbons (Fsp3) is 0. The van der Waals surface area contributed by atoms with Gasteiger partial charge in [-0.3, -0.25) is 4.40 Å². The van der Waals surface area contributed by atoms with Crippen LogP contribution in [0.2, 0.25) is 0 Å². The standard InChI is InChI=1S/C25H16N4/c1-2-11-19-15(7-1)16-8-5-9-17(23(16)26-19)18-10-6-13-21-24(18)29-22-14-4-3-12-20(22)27-25(29)28-21/h1-14,26H,(H,27,28). The Morgan fingerprint density at radius 3 is 2.38 bits per heavy atom. The monoisotopic (exact) mass is 372 g/mol. The van der Waals surface area contributed by atoms with Gasteiger partial charge in [0.25, 0.3) is 0 Å². The van der Waals surface area contributed by atoms with Crippen LogP contribution in [0.15, 0.2) is 84.9 Å². The van der Waals surface area contributed by atoms with E-state index >= 15 is 0 Å². The van der Waals surface area contributed by atoms with Gasteiger partial charge in [0.05, 0.1) is 27.6 Å². The van der Waals surface area contributed by atoms with Crippen molar-refractivity contribution in [1.82, 2.24) is 19.4 Å². The van der Waals surface area contributed by atoms with E-state index in [2.05, 4.69) is 93.2 Å². The normalized spacial score (nSPS) is 12.1. The summed E-state index contributed by atoms with van der Waals surface area (Å²) in [5.74, 6) is 0.873. The number of nitrogens with one attached hydrogen (secondary N) is 2. The van der Waals surface area contributed by atoms with Gasteiger partial charge < -0.3 is 9.97 Å². The van der Waals surface area contributed by atoms with Gasteiger partial charge in [-0.05, 0) is 24.3 Å². The topological polar surface area (TPSA) is 48.9 Å². The second-order valence-electron chi connectivity index (χ2n) is 7.48. The van der Waals surface area contributed by atoms with E-state index in [0.29, 0.717) is 0 Å². The van der Waals surface area contributed by atoms with Crippen LogP contribution in [0.5, 0.6) is 0 Å². The molecule has 0 saturated carbocycles. The number of benzene rings is 4. The maximum Gasteiger partial charge on any atom is 0.213 e. The fourth-order valence-corrected chi connectivity index (χ4v) is 4.66. The third kappa shape index (κ3) is 1.90. The van der Waals surface area contributed by atoms with Crippen molar-refractivity contribution in [2.75, 3.05) is 0 Å². The predicted molar refractivity (Wildman–Crippen MR) is 119 cm³/mol. The Kier molecular flexibility index (Phi) is 2.71. The number of hydrogen-bond donors (Lipinski definition) is 2. The first-order valence-corrected chi connectivity index (χ1v) is 9.76. The minimum Gasteiger partial charge on any atom is -0.354 e. The maximum atomic E-state index is 4.78. The number of imidazole rings is 2. The summed E-state index contributed by atoms with van der Waals surface area (Å²) in [5.41, 5.74) is 9.07. The van der Waals surface area contributed by atoms with Crippen molar-refractivity contribution >= 4 is 49.7 Å². The molecule has 0 saturated heterocycles. The van der Waals surface area contributed by atoms with E-state index in [1.54, 1.807) is 0 Å². The van der Waals surface area contributed by atoms with Gasteiger partial charge in [-0.2, -0.15) is 0 Å². The van der Waals surface area contributed by atoms with Crippen LogP contribution >= 0.6 is 0 Å². The lowest BCUT2D eigenvalue weighted by molar-refractivity contribution is 1.28. The Morgan fingerprint density at radius 2 is 1.38 bits per heavy atom. The molecule has 3 heterocycles. The van der Waals surface area contributed by atoms with E-state index in [4.69, 9.17) is 4.98 Å². The number of nitrogens with zero attached hydrogens (tertiary/aromatic N) is 2. The molecule has 4 nitrogen and oxygen atoms in total. The second kappa shape index (κ2) is 5.26. The molecule has 136 valence electrons. The molecule has 0 aliphatic carbocycles. The van der Waals surface area contributed by atoms with Crippen molar-refractivity contribution < 1.29 is 0 Å². The van der Waals surface area contributed by atoms with Crippen molar-refractivity contribution in [3.05, 3.63) is 84.9 Å². The summed E-state index contributed by atoms with van der Waals surface area (Å²) in [6.45, 7) is 0. The first-order valence-electron chi connectivity index (χ1n) is 9.76. The first-order chi connectivity index (χ1) is 14.4. The zero-order valence-electron chi connectivity index (χ0n) is 15.5. The molecule has 0 aliphatic rings. The molecule has 0 amide bonds. The summed E-state index contributed by atoms with van der Waals surface area (Å²) in [6.07, 6.45) is 0. The molecule has 29 heavy (non-hydrogen) atoms. The van der Waals surface area contributed by atoms with E-state index in [1.165, 1.54) is 27.4 Å². The number of H-pyrrole nitrogens is 2. The zero-order valence-corrected chi connectivity index (χ0v) is 15.5. The number of para-hydroxylation sites is 5. The number of aromatic nitrogens is 4. The van der Waals surface area contributed by atoms with Gasteiger partial charge in [0.1, 0.15) is 0 Å². The van der Waals surface area contributed by atoms with Crippen LogP contribution in [0.3, 0.4) is 0 Å². The van der Waals surface area contributed by atoms with Crippen LogP contribution in [-0.2, 0) is 0 Å². The smallest absolute Gasteiger partial charge is 0.213 e. The quantitative estimate of drug-likeness (QED) is 0.350. The van der Waals surface area contributed by atoms with E-state index in [1.807, 2.05) is 6.07 Å². The average Bonchev–Trinajstić information content (AvgIpc) is 3.42. The van der Waals surface area contributed by atoms with Crippen LogP contribution in [0, 0.1) is 0 Å². The van der Waals surface area contributed by atoms with Crippen molar-refractivity contribution in [3.8, 4) is 11.1 Å². The molecule has 4 aromatic carbocycles. The molecular weight excluding hydrogens is 356 g/mol. The number of rotatable bonds is 1. The Hall–Kier alpha value is -4.05. The molecule has 0 aliphatic heterocycles. The average molecular weight is 372 g/mol. The molecule has 7 aromatic rings. The molecule has 7 rings (SSSR count). The molecule has 0 unspecified atom stereocenters. The van der Waals surface area contributed by atoms with Crippen molar-refractivity contribution in [2.45, 2.75) is 0 Å². The molecule has 0 fully saturated rings. The van der Waals surface area contributed by atoms with E-state index in [9.17, 15) is 0 Å². The molecular formula is C25H16N4. The van der Waals surface area contributed by atoms with Gasteiger partial charge in [0.15, 0.2) is 0 Å². The Labute approximate surface area is 165 Å². The lowest BCUT2D eigenvalue weighted by Crippen LogP contribution is -1.87. The third-order valence-corrected chi connectivity index (χ3v) is 5.90. The Bertz CT molecular complexity index is 1710. The van der Waals surface area contributed by atoms with Crippen molar-refractivity contribution in [1.29, 1.82) is 0 Å². The summed E-state index contributed by atoms with van der Waals surface area (Å²) >= 11 is 0. The summed E-state index contributed by atoms with van der Waals surface area (Å²) < 4.78 is 2.24. The SMILES string of the molecule is c1ccc2c(c1)nc1[nH]c3cccc(-c4cccc5c4[nH]c4ccccc45)c3n12. The van der Waals surface area contributed by atoms with Crippen molar-refractivity contribution in [3.63, 3.8) is 0 Å².